The molecule has 6 N–H and O–H groups in total. The van der Waals surface area contributed by atoms with Gasteiger partial charge in [-0.25, -0.2) is 0 Å². The smallest absolute Gasteiger partial charge is 0.323 e. The highest BCUT2D eigenvalue weighted by Gasteiger charge is 2.20. The van der Waals surface area contributed by atoms with Crippen LogP contribution in [0, 0.1) is 0 Å². The number of carboxylic acid groups (broad SMARTS) is 1. The van der Waals surface area contributed by atoms with Crippen LogP contribution in [0.25, 0.3) is 0 Å². The zero-order chi connectivity index (χ0) is 8.85. The van der Waals surface area contributed by atoms with E-state index in [9.17, 15) is 4.79 Å². The normalized spacial score (nSPS) is 15.9. The molecule has 0 amide bonds. The number of nitrogens with two attached hydrogens (primary N) is 2. The lowest BCUT2D eigenvalue weighted by Crippen LogP contribution is -2.41. The van der Waals surface area contributed by atoms with Crippen LogP contribution in [0.2, 0.25) is 0 Å². The van der Waals surface area contributed by atoms with Crippen molar-refractivity contribution in [3.8, 4) is 0 Å². The fourth-order valence-electron chi connectivity index (χ4n) is 0.671. The molecule has 0 fully saturated rings. The second-order valence-electron chi connectivity index (χ2n) is 2.36. The van der Waals surface area contributed by atoms with Gasteiger partial charge in [-0.15, -0.1) is 0 Å². The Kier molecular flexibility index (Phi) is 4.76. The summed E-state index contributed by atoms with van der Waals surface area (Å²) < 4.78 is 0. The molecule has 0 spiro atoms. The van der Waals surface area contributed by atoms with Crippen LogP contribution in [-0.2, 0) is 4.79 Å². The molecule has 0 heterocycles. The van der Waals surface area contributed by atoms with E-state index in [1.165, 1.54) is 0 Å². The van der Waals surface area contributed by atoms with E-state index in [0.717, 1.165) is 0 Å². The predicted molar refractivity (Wildman–Crippen MR) is 39.9 cm³/mol. The number of aliphatic hydroxyl groups is 1. The minimum absolute atomic E-state index is 0.337. The van der Waals surface area contributed by atoms with Gasteiger partial charge in [0.2, 0.25) is 0 Å². The summed E-state index contributed by atoms with van der Waals surface area (Å²) in [7, 11) is 0. The number of carbonyl (C=O) groups is 1. The summed E-state index contributed by atoms with van der Waals surface area (Å²) in [5.41, 5.74) is 10.3. The molecule has 0 aliphatic rings. The molecule has 0 aromatic rings. The van der Waals surface area contributed by atoms with Gasteiger partial charge in [-0.3, -0.25) is 4.79 Å². The Morgan fingerprint density at radius 1 is 1.55 bits per heavy atom. The van der Waals surface area contributed by atoms with Gasteiger partial charge in [-0.05, 0) is 19.4 Å². The average molecular weight is 162 g/mol. The van der Waals surface area contributed by atoms with Crippen molar-refractivity contribution < 1.29 is 15.0 Å². The highest BCUT2D eigenvalue weighted by molar-refractivity contribution is 5.73. The lowest BCUT2D eigenvalue weighted by Gasteiger charge is -2.13. The van der Waals surface area contributed by atoms with Crippen molar-refractivity contribution in [3.05, 3.63) is 0 Å². The van der Waals surface area contributed by atoms with E-state index in [1.807, 2.05) is 0 Å². The van der Waals surface area contributed by atoms with Crippen LogP contribution >= 0.6 is 0 Å². The van der Waals surface area contributed by atoms with Gasteiger partial charge in [-0.1, -0.05) is 0 Å². The lowest BCUT2D eigenvalue weighted by molar-refractivity contribution is -0.141. The summed E-state index contributed by atoms with van der Waals surface area (Å²) >= 11 is 0. The van der Waals surface area contributed by atoms with E-state index >= 15 is 0 Å². The molecule has 0 radical (unpaired) electrons. The molecule has 0 aliphatic heterocycles. The fourth-order valence-corrected chi connectivity index (χ4v) is 0.671. The summed E-state index contributed by atoms with van der Waals surface area (Å²) in [4.78, 5) is 10.2. The molecule has 0 aromatic carbocycles. The Bertz CT molecular complexity index is 129. The molecule has 66 valence electrons. The standard InChI is InChI=1S/C6H14N2O3/c7-3-1-2-4(9)5(8)6(10)11/h4-5,9H,1-3,7-8H2,(H,10,11)/t4-,5+/m0/s1. The van der Waals surface area contributed by atoms with Gasteiger partial charge in [0, 0.05) is 0 Å². The Balaban J connectivity index is 3.63. The molecule has 11 heavy (non-hydrogen) atoms. The Morgan fingerprint density at radius 3 is 2.45 bits per heavy atom. The first kappa shape index (κ1) is 10.3. The van der Waals surface area contributed by atoms with Gasteiger partial charge in [0.15, 0.2) is 0 Å². The first-order chi connectivity index (χ1) is 5.09. The van der Waals surface area contributed by atoms with Crippen LogP contribution in [0.1, 0.15) is 12.8 Å². The van der Waals surface area contributed by atoms with Crippen LogP contribution in [0.15, 0.2) is 0 Å². The first-order valence-corrected chi connectivity index (χ1v) is 3.46. The topological polar surface area (TPSA) is 110 Å². The zero-order valence-electron chi connectivity index (χ0n) is 6.23. The van der Waals surface area contributed by atoms with Crippen molar-refractivity contribution in [1.29, 1.82) is 0 Å². The summed E-state index contributed by atoms with van der Waals surface area (Å²) in [6, 6.07) is -1.19. The van der Waals surface area contributed by atoms with E-state index in [4.69, 9.17) is 21.7 Å². The molecule has 0 aliphatic carbocycles. The van der Waals surface area contributed by atoms with Crippen molar-refractivity contribution in [2.24, 2.45) is 11.5 Å². The summed E-state index contributed by atoms with van der Waals surface area (Å²) in [5, 5.41) is 17.4. The molecular weight excluding hydrogens is 148 g/mol. The summed E-state index contributed by atoms with van der Waals surface area (Å²) in [6.07, 6.45) is -0.0670. The van der Waals surface area contributed by atoms with Gasteiger partial charge >= 0.3 is 5.97 Å². The number of aliphatic carboxylic acids is 1. The molecule has 5 heteroatoms. The van der Waals surface area contributed by atoms with Crippen molar-refractivity contribution >= 4 is 5.97 Å². The minimum Gasteiger partial charge on any atom is -0.480 e. The summed E-state index contributed by atoms with van der Waals surface area (Å²) in [6.45, 7) is 0.434. The highest BCUT2D eigenvalue weighted by Crippen LogP contribution is 1.99. The first-order valence-electron chi connectivity index (χ1n) is 3.46. The maximum atomic E-state index is 10.2. The number of aliphatic hydroxyl groups excluding tert-OH is 1. The van der Waals surface area contributed by atoms with Crippen molar-refractivity contribution in [2.75, 3.05) is 6.54 Å². The molecule has 0 unspecified atom stereocenters. The van der Waals surface area contributed by atoms with E-state index in [2.05, 4.69) is 0 Å². The van der Waals surface area contributed by atoms with Gasteiger partial charge < -0.3 is 21.7 Å². The Morgan fingerprint density at radius 2 is 2.09 bits per heavy atom. The number of rotatable bonds is 5. The molecule has 0 rings (SSSR count). The van der Waals surface area contributed by atoms with Crippen LogP contribution in [0.4, 0.5) is 0 Å². The quantitative estimate of drug-likeness (QED) is 0.393. The van der Waals surface area contributed by atoms with Crippen LogP contribution in [0.3, 0.4) is 0 Å². The summed E-state index contributed by atoms with van der Waals surface area (Å²) in [5.74, 6) is -1.19. The zero-order valence-corrected chi connectivity index (χ0v) is 6.23. The van der Waals surface area contributed by atoms with E-state index in [0.29, 0.717) is 19.4 Å². The molecule has 0 saturated carbocycles. The van der Waals surface area contributed by atoms with Crippen LogP contribution in [-0.4, -0.2) is 34.9 Å². The third-order valence-electron chi connectivity index (χ3n) is 1.40. The molecule has 0 saturated heterocycles. The second-order valence-corrected chi connectivity index (χ2v) is 2.36. The molecule has 0 bridgehead atoms. The third-order valence-corrected chi connectivity index (χ3v) is 1.40. The molecule has 0 aromatic heterocycles. The van der Waals surface area contributed by atoms with Crippen molar-refractivity contribution in [3.63, 3.8) is 0 Å². The van der Waals surface area contributed by atoms with E-state index in [1.54, 1.807) is 0 Å². The average Bonchev–Trinajstić information content (AvgIpc) is 1.98. The Hall–Kier alpha value is -0.650. The number of carboxylic acids is 1. The SMILES string of the molecule is NCCC[C@H](O)[C@@H](N)C(=O)O. The van der Waals surface area contributed by atoms with Gasteiger partial charge in [0.25, 0.3) is 0 Å². The largest absolute Gasteiger partial charge is 0.480 e. The predicted octanol–water partition coefficient (Wildman–Crippen LogP) is -1.50. The monoisotopic (exact) mass is 162 g/mol. The number of hydrogen-bond donors (Lipinski definition) is 4. The molecule has 2 atom stereocenters. The maximum Gasteiger partial charge on any atom is 0.323 e. The van der Waals surface area contributed by atoms with Crippen LogP contribution in [0.5, 0.6) is 0 Å². The van der Waals surface area contributed by atoms with Gasteiger partial charge in [-0.2, -0.15) is 0 Å². The maximum absolute atomic E-state index is 10.2. The minimum atomic E-state index is -1.19. The van der Waals surface area contributed by atoms with Crippen molar-refractivity contribution in [1.82, 2.24) is 0 Å². The van der Waals surface area contributed by atoms with E-state index < -0.39 is 18.1 Å². The van der Waals surface area contributed by atoms with Crippen LogP contribution < -0.4 is 11.5 Å². The van der Waals surface area contributed by atoms with Crippen molar-refractivity contribution in [2.45, 2.75) is 25.0 Å². The van der Waals surface area contributed by atoms with Gasteiger partial charge in [0.1, 0.15) is 6.04 Å². The van der Waals surface area contributed by atoms with E-state index in [-0.39, 0.29) is 0 Å². The fraction of sp³-hybridized carbons (Fsp3) is 0.833. The second kappa shape index (κ2) is 5.06. The molecular formula is C6H14N2O3. The third kappa shape index (κ3) is 3.92. The van der Waals surface area contributed by atoms with Gasteiger partial charge in [0.05, 0.1) is 6.10 Å². The number of hydrogen-bond acceptors (Lipinski definition) is 4. The Labute approximate surface area is 65.0 Å². The molecule has 5 nitrogen and oxygen atoms in total. The highest BCUT2D eigenvalue weighted by atomic mass is 16.4. The lowest BCUT2D eigenvalue weighted by atomic mass is 10.1.